The van der Waals surface area contributed by atoms with Gasteiger partial charge in [-0.25, -0.2) is 0 Å². The zero-order valence-electron chi connectivity index (χ0n) is 10.9. The number of carbonyl (C=O) groups excluding carboxylic acids is 1. The van der Waals surface area contributed by atoms with E-state index in [9.17, 15) is 4.79 Å². The zero-order chi connectivity index (χ0) is 12.9. The number of rotatable bonds is 4. The van der Waals surface area contributed by atoms with Gasteiger partial charge in [-0.1, -0.05) is 19.8 Å². The van der Waals surface area contributed by atoms with Gasteiger partial charge in [0, 0.05) is 6.92 Å². The molecule has 0 bridgehead atoms. The van der Waals surface area contributed by atoms with E-state index >= 15 is 0 Å². The van der Waals surface area contributed by atoms with Gasteiger partial charge < -0.3 is 14.2 Å². The molecule has 4 heteroatoms. The third kappa shape index (κ3) is 3.45. The lowest BCUT2D eigenvalue weighted by Crippen LogP contribution is -2.35. The van der Waals surface area contributed by atoms with E-state index < -0.39 is 11.9 Å². The van der Waals surface area contributed by atoms with E-state index in [2.05, 4.69) is 11.8 Å². The molecule has 0 aromatic rings. The van der Waals surface area contributed by atoms with Gasteiger partial charge >= 0.3 is 5.97 Å². The summed E-state index contributed by atoms with van der Waals surface area (Å²) in [6.45, 7) is 7.51. The van der Waals surface area contributed by atoms with Gasteiger partial charge in [-0.05, 0) is 19.8 Å². The van der Waals surface area contributed by atoms with Crippen LogP contribution in [0.1, 0.15) is 40.5 Å². The largest absolute Gasteiger partial charge is 0.446 e. The predicted molar refractivity (Wildman–Crippen MR) is 63.1 cm³/mol. The minimum atomic E-state index is -0.544. The Balaban J connectivity index is 2.71. The highest BCUT2D eigenvalue weighted by Crippen LogP contribution is 2.31. The van der Waals surface area contributed by atoms with Crippen molar-refractivity contribution in [1.82, 2.24) is 0 Å². The van der Waals surface area contributed by atoms with Crippen LogP contribution in [-0.2, 0) is 19.0 Å². The molecule has 0 aliphatic carbocycles. The summed E-state index contributed by atoms with van der Waals surface area (Å²) in [5, 5.41) is 0. The fourth-order valence-electron chi connectivity index (χ4n) is 1.87. The second kappa shape index (κ2) is 6.04. The molecule has 1 rings (SSSR count). The molecule has 0 aromatic heterocycles. The Hall–Kier alpha value is -1.05. The van der Waals surface area contributed by atoms with E-state index in [1.807, 2.05) is 13.8 Å². The van der Waals surface area contributed by atoms with E-state index in [1.54, 1.807) is 6.92 Å². The van der Waals surface area contributed by atoms with E-state index in [0.717, 1.165) is 12.8 Å². The highest BCUT2D eigenvalue weighted by atomic mass is 16.8. The quantitative estimate of drug-likeness (QED) is 0.556. The SMILES string of the molecule is CC#C[C@H](OC(C)=O)[C@H]1COC(CC)(CC)O1. The molecular weight excluding hydrogens is 220 g/mol. The summed E-state index contributed by atoms with van der Waals surface area (Å²) in [5.41, 5.74) is 0. The maximum Gasteiger partial charge on any atom is 0.303 e. The fourth-order valence-corrected chi connectivity index (χ4v) is 1.87. The van der Waals surface area contributed by atoms with Gasteiger partial charge in [-0.15, -0.1) is 5.92 Å². The highest BCUT2D eigenvalue weighted by molar-refractivity contribution is 5.66. The van der Waals surface area contributed by atoms with Gasteiger partial charge in [0.1, 0.15) is 6.10 Å². The Morgan fingerprint density at radius 3 is 2.59 bits per heavy atom. The molecular formula is C13H20O4. The lowest BCUT2D eigenvalue weighted by molar-refractivity contribution is -0.183. The average molecular weight is 240 g/mol. The van der Waals surface area contributed by atoms with Crippen LogP contribution in [0.25, 0.3) is 0 Å². The number of ether oxygens (including phenoxy) is 3. The van der Waals surface area contributed by atoms with Gasteiger partial charge in [-0.2, -0.15) is 0 Å². The fraction of sp³-hybridized carbons (Fsp3) is 0.769. The van der Waals surface area contributed by atoms with Crippen molar-refractivity contribution >= 4 is 5.97 Å². The first-order valence-corrected chi connectivity index (χ1v) is 5.98. The van der Waals surface area contributed by atoms with Crippen LogP contribution in [0.15, 0.2) is 0 Å². The van der Waals surface area contributed by atoms with E-state index in [1.165, 1.54) is 6.92 Å². The number of hydrogen-bond donors (Lipinski definition) is 0. The molecule has 0 saturated carbocycles. The van der Waals surface area contributed by atoms with Crippen molar-refractivity contribution in [3.05, 3.63) is 0 Å². The van der Waals surface area contributed by atoms with Gasteiger partial charge in [0.25, 0.3) is 0 Å². The van der Waals surface area contributed by atoms with E-state index in [-0.39, 0.29) is 12.1 Å². The van der Waals surface area contributed by atoms with Crippen molar-refractivity contribution in [1.29, 1.82) is 0 Å². The predicted octanol–water partition coefficient (Wildman–Crippen LogP) is 1.87. The Kier molecular flexibility index (Phi) is 4.98. The first-order chi connectivity index (χ1) is 8.06. The van der Waals surface area contributed by atoms with Crippen molar-refractivity contribution < 1.29 is 19.0 Å². The molecule has 17 heavy (non-hydrogen) atoms. The summed E-state index contributed by atoms with van der Waals surface area (Å²) >= 11 is 0. The highest BCUT2D eigenvalue weighted by Gasteiger charge is 2.42. The lowest BCUT2D eigenvalue weighted by atomic mass is 10.1. The van der Waals surface area contributed by atoms with Gasteiger partial charge in [0.15, 0.2) is 11.9 Å². The van der Waals surface area contributed by atoms with Crippen molar-refractivity contribution in [2.45, 2.75) is 58.5 Å². The normalized spacial score (nSPS) is 23.6. The summed E-state index contributed by atoms with van der Waals surface area (Å²) in [7, 11) is 0. The van der Waals surface area contributed by atoms with Crippen LogP contribution in [0, 0.1) is 11.8 Å². The smallest absolute Gasteiger partial charge is 0.303 e. The summed E-state index contributed by atoms with van der Waals surface area (Å²) in [4.78, 5) is 11.0. The monoisotopic (exact) mass is 240 g/mol. The molecule has 1 fully saturated rings. The van der Waals surface area contributed by atoms with Crippen molar-refractivity contribution in [2.75, 3.05) is 6.61 Å². The molecule has 4 nitrogen and oxygen atoms in total. The Morgan fingerprint density at radius 2 is 2.18 bits per heavy atom. The Labute approximate surface area is 103 Å². The maximum absolute atomic E-state index is 11.0. The van der Waals surface area contributed by atoms with E-state index in [4.69, 9.17) is 14.2 Å². The molecule has 0 radical (unpaired) electrons. The number of hydrogen-bond acceptors (Lipinski definition) is 4. The third-order valence-electron chi connectivity index (χ3n) is 2.87. The Bertz CT molecular complexity index is 322. The number of carbonyl (C=O) groups is 1. The van der Waals surface area contributed by atoms with Gasteiger partial charge in [0.05, 0.1) is 6.61 Å². The van der Waals surface area contributed by atoms with Crippen molar-refractivity contribution in [3.8, 4) is 11.8 Å². The number of esters is 1. The molecule has 0 aromatic carbocycles. The molecule has 1 heterocycles. The molecule has 0 N–H and O–H groups in total. The minimum absolute atomic E-state index is 0.300. The summed E-state index contributed by atoms with van der Waals surface area (Å²) in [6, 6.07) is 0. The third-order valence-corrected chi connectivity index (χ3v) is 2.87. The molecule has 1 aliphatic rings. The molecule has 0 spiro atoms. The molecule has 96 valence electrons. The van der Waals surface area contributed by atoms with Crippen LogP contribution < -0.4 is 0 Å². The Morgan fingerprint density at radius 1 is 1.53 bits per heavy atom. The van der Waals surface area contributed by atoms with Crippen molar-refractivity contribution in [2.24, 2.45) is 0 Å². The van der Waals surface area contributed by atoms with Gasteiger partial charge in [-0.3, -0.25) is 4.79 Å². The average Bonchev–Trinajstić information content (AvgIpc) is 2.73. The standard InChI is InChI=1S/C13H20O4/c1-5-8-11(16-10(4)14)12-9-15-13(6-2,7-3)17-12/h11-12H,6-7,9H2,1-4H3/t11-,12+/m0/s1. The second-order valence-electron chi connectivity index (χ2n) is 4.01. The lowest BCUT2D eigenvalue weighted by Gasteiger charge is -2.26. The van der Waals surface area contributed by atoms with Crippen LogP contribution in [-0.4, -0.2) is 30.6 Å². The molecule has 2 atom stereocenters. The maximum atomic E-state index is 11.0. The van der Waals surface area contributed by atoms with Crippen molar-refractivity contribution in [3.63, 3.8) is 0 Å². The van der Waals surface area contributed by atoms with Crippen LogP contribution >= 0.6 is 0 Å². The molecule has 1 saturated heterocycles. The topological polar surface area (TPSA) is 44.8 Å². The molecule has 0 unspecified atom stereocenters. The van der Waals surface area contributed by atoms with Crippen LogP contribution in [0.5, 0.6) is 0 Å². The van der Waals surface area contributed by atoms with E-state index in [0.29, 0.717) is 6.61 Å². The first-order valence-electron chi connectivity index (χ1n) is 5.98. The second-order valence-corrected chi connectivity index (χ2v) is 4.01. The zero-order valence-corrected chi connectivity index (χ0v) is 10.9. The molecule has 0 amide bonds. The molecule has 1 aliphatic heterocycles. The van der Waals surface area contributed by atoms with Crippen LogP contribution in [0.4, 0.5) is 0 Å². The minimum Gasteiger partial charge on any atom is -0.446 e. The first kappa shape index (κ1) is 14.0. The summed E-state index contributed by atoms with van der Waals surface area (Å²) < 4.78 is 16.7. The van der Waals surface area contributed by atoms with Crippen LogP contribution in [0.3, 0.4) is 0 Å². The van der Waals surface area contributed by atoms with Gasteiger partial charge in [0.2, 0.25) is 0 Å². The summed E-state index contributed by atoms with van der Waals surface area (Å²) in [5.74, 6) is 4.70. The van der Waals surface area contributed by atoms with Crippen LogP contribution in [0.2, 0.25) is 0 Å². The summed E-state index contributed by atoms with van der Waals surface area (Å²) in [6.07, 6.45) is 0.697.